The van der Waals surface area contributed by atoms with Crippen LogP contribution in [0.15, 0.2) is 48.5 Å². The van der Waals surface area contributed by atoms with Gasteiger partial charge in [0.1, 0.15) is 12.4 Å². The molecule has 1 saturated carbocycles. The fourth-order valence-corrected chi connectivity index (χ4v) is 3.62. The van der Waals surface area contributed by atoms with Crippen LogP contribution in [0.3, 0.4) is 0 Å². The first-order valence-electron chi connectivity index (χ1n) is 10.6. The van der Waals surface area contributed by atoms with Crippen molar-refractivity contribution in [1.29, 1.82) is 0 Å². The second-order valence-electron chi connectivity index (χ2n) is 7.65. The van der Waals surface area contributed by atoms with E-state index in [1.807, 2.05) is 19.1 Å². The van der Waals surface area contributed by atoms with Crippen LogP contribution in [0, 0.1) is 5.92 Å². The van der Waals surface area contributed by atoms with E-state index in [1.165, 1.54) is 6.42 Å². The molecule has 0 aliphatic heterocycles. The molecule has 2 N–H and O–H groups in total. The normalized spacial score (nSPS) is 18.5. The summed E-state index contributed by atoms with van der Waals surface area (Å²) in [6.07, 6.45) is 4.75. The third kappa shape index (κ3) is 6.32. The van der Waals surface area contributed by atoms with Gasteiger partial charge in [0.05, 0.1) is 12.7 Å². The smallest absolute Gasteiger partial charge is 0.255 e. The molecule has 2 aromatic rings. The molecule has 0 spiro atoms. The molecule has 0 saturated heterocycles. The van der Waals surface area contributed by atoms with E-state index in [1.54, 1.807) is 36.4 Å². The van der Waals surface area contributed by atoms with Crippen molar-refractivity contribution in [3.05, 3.63) is 54.1 Å². The maximum absolute atomic E-state index is 12.4. The fourth-order valence-electron chi connectivity index (χ4n) is 3.62. The first-order chi connectivity index (χ1) is 14.5. The van der Waals surface area contributed by atoms with Gasteiger partial charge in [0.15, 0.2) is 0 Å². The molecule has 30 heavy (non-hydrogen) atoms. The van der Waals surface area contributed by atoms with E-state index >= 15 is 0 Å². The molecular weight excluding hydrogens is 380 g/mol. The highest BCUT2D eigenvalue weighted by Crippen LogP contribution is 2.26. The van der Waals surface area contributed by atoms with E-state index in [0.29, 0.717) is 29.5 Å². The van der Waals surface area contributed by atoms with E-state index in [9.17, 15) is 9.59 Å². The average molecular weight is 411 g/mol. The zero-order chi connectivity index (χ0) is 21.3. The van der Waals surface area contributed by atoms with Gasteiger partial charge in [-0.3, -0.25) is 9.59 Å². The van der Waals surface area contributed by atoms with Gasteiger partial charge in [-0.1, -0.05) is 19.8 Å². The van der Waals surface area contributed by atoms with Crippen molar-refractivity contribution in [2.24, 2.45) is 5.92 Å². The van der Waals surface area contributed by atoms with Crippen LogP contribution in [0.25, 0.3) is 0 Å². The molecule has 6 nitrogen and oxygen atoms in total. The van der Waals surface area contributed by atoms with E-state index in [2.05, 4.69) is 17.6 Å². The number of carbonyl (C=O) groups excluding carboxylic acids is 2. The molecule has 2 amide bonds. The molecule has 2 atom stereocenters. The maximum Gasteiger partial charge on any atom is 0.255 e. The second kappa shape index (κ2) is 10.8. The Kier molecular flexibility index (Phi) is 7.85. The Labute approximate surface area is 178 Å². The van der Waals surface area contributed by atoms with Gasteiger partial charge in [-0.05, 0) is 74.2 Å². The summed E-state index contributed by atoms with van der Waals surface area (Å²) in [6.45, 7) is 4.75. The van der Waals surface area contributed by atoms with Gasteiger partial charge < -0.3 is 20.1 Å². The van der Waals surface area contributed by atoms with Crippen molar-refractivity contribution in [1.82, 2.24) is 0 Å². The SMILES string of the molecule is CCOc1ccc(NC(=O)c2ccc(NC(=O)COC3CCCCC3C)cc2)cc1. The molecule has 1 fully saturated rings. The molecule has 1 aliphatic carbocycles. The highest BCUT2D eigenvalue weighted by atomic mass is 16.5. The molecule has 0 radical (unpaired) electrons. The Morgan fingerprint density at radius 2 is 1.57 bits per heavy atom. The largest absolute Gasteiger partial charge is 0.494 e. The number of nitrogens with one attached hydrogen (secondary N) is 2. The Morgan fingerprint density at radius 3 is 2.23 bits per heavy atom. The lowest BCUT2D eigenvalue weighted by Crippen LogP contribution is -2.29. The minimum Gasteiger partial charge on any atom is -0.494 e. The first-order valence-corrected chi connectivity index (χ1v) is 10.6. The Bertz CT molecular complexity index is 833. The number of ether oxygens (including phenoxy) is 2. The monoisotopic (exact) mass is 410 g/mol. The summed E-state index contributed by atoms with van der Waals surface area (Å²) in [5, 5.41) is 5.67. The van der Waals surface area contributed by atoms with Gasteiger partial charge in [0, 0.05) is 16.9 Å². The summed E-state index contributed by atoms with van der Waals surface area (Å²) in [5.74, 6) is 0.864. The van der Waals surface area contributed by atoms with Crippen LogP contribution >= 0.6 is 0 Å². The minimum atomic E-state index is -0.216. The summed E-state index contributed by atoms with van der Waals surface area (Å²) < 4.78 is 11.2. The fraction of sp³-hybridized carbons (Fsp3) is 0.417. The molecule has 2 aromatic carbocycles. The molecule has 1 aliphatic rings. The Morgan fingerprint density at radius 1 is 0.933 bits per heavy atom. The Hall–Kier alpha value is -2.86. The van der Waals surface area contributed by atoms with Crippen LogP contribution in [0.2, 0.25) is 0 Å². The third-order valence-corrected chi connectivity index (χ3v) is 5.32. The van der Waals surface area contributed by atoms with Crippen LogP contribution in [0.1, 0.15) is 49.9 Å². The predicted octanol–water partition coefficient (Wildman–Crippen LogP) is 4.87. The molecule has 2 unspecified atom stereocenters. The standard InChI is InChI=1S/C24H30N2O4/c1-3-29-21-14-12-20(13-15-21)26-24(28)18-8-10-19(11-9-18)25-23(27)16-30-22-7-5-4-6-17(22)2/h8-15,17,22H,3-7,16H2,1-2H3,(H,25,27)(H,26,28). The minimum absolute atomic E-state index is 0.0506. The molecule has 3 rings (SSSR count). The zero-order valence-corrected chi connectivity index (χ0v) is 17.6. The summed E-state index contributed by atoms with van der Waals surface area (Å²) in [7, 11) is 0. The van der Waals surface area contributed by atoms with Crippen molar-refractivity contribution in [3.63, 3.8) is 0 Å². The third-order valence-electron chi connectivity index (χ3n) is 5.32. The lowest BCUT2D eigenvalue weighted by atomic mass is 9.88. The van der Waals surface area contributed by atoms with Crippen molar-refractivity contribution >= 4 is 23.2 Å². The van der Waals surface area contributed by atoms with Crippen molar-refractivity contribution in [2.75, 3.05) is 23.8 Å². The van der Waals surface area contributed by atoms with E-state index in [4.69, 9.17) is 9.47 Å². The number of anilines is 2. The average Bonchev–Trinajstić information content (AvgIpc) is 2.75. The lowest BCUT2D eigenvalue weighted by Gasteiger charge is -2.28. The quantitative estimate of drug-likeness (QED) is 0.651. The van der Waals surface area contributed by atoms with Crippen LogP contribution in [0.5, 0.6) is 5.75 Å². The first kappa shape index (κ1) is 21.8. The zero-order valence-electron chi connectivity index (χ0n) is 17.6. The van der Waals surface area contributed by atoms with Crippen LogP contribution in [-0.2, 0) is 9.53 Å². The van der Waals surface area contributed by atoms with Gasteiger partial charge in [-0.15, -0.1) is 0 Å². The second-order valence-corrected chi connectivity index (χ2v) is 7.65. The number of benzene rings is 2. The molecule has 0 heterocycles. The van der Waals surface area contributed by atoms with Gasteiger partial charge in [-0.25, -0.2) is 0 Å². The molecule has 0 bridgehead atoms. The molecule has 6 heteroatoms. The molecular formula is C24H30N2O4. The lowest BCUT2D eigenvalue weighted by molar-refractivity contribution is -0.124. The van der Waals surface area contributed by atoms with Crippen LogP contribution in [0.4, 0.5) is 11.4 Å². The number of rotatable bonds is 8. The van der Waals surface area contributed by atoms with Gasteiger partial charge >= 0.3 is 0 Å². The molecule has 160 valence electrons. The van der Waals surface area contributed by atoms with E-state index in [-0.39, 0.29) is 24.5 Å². The van der Waals surface area contributed by atoms with Gasteiger partial charge in [0.2, 0.25) is 5.91 Å². The van der Waals surface area contributed by atoms with Gasteiger partial charge in [0.25, 0.3) is 5.91 Å². The Balaban J connectivity index is 1.47. The number of hydrogen-bond acceptors (Lipinski definition) is 4. The topological polar surface area (TPSA) is 76.7 Å². The predicted molar refractivity (Wildman–Crippen MR) is 118 cm³/mol. The summed E-state index contributed by atoms with van der Waals surface area (Å²) in [6, 6.07) is 14.0. The summed E-state index contributed by atoms with van der Waals surface area (Å²) in [5.41, 5.74) is 1.84. The number of amides is 2. The number of hydrogen-bond donors (Lipinski definition) is 2. The summed E-state index contributed by atoms with van der Waals surface area (Å²) in [4.78, 5) is 24.6. The van der Waals surface area contributed by atoms with E-state index < -0.39 is 0 Å². The van der Waals surface area contributed by atoms with Gasteiger partial charge in [-0.2, -0.15) is 0 Å². The van der Waals surface area contributed by atoms with Crippen molar-refractivity contribution in [2.45, 2.75) is 45.6 Å². The highest BCUT2D eigenvalue weighted by Gasteiger charge is 2.22. The maximum atomic E-state index is 12.4. The van der Waals surface area contributed by atoms with Crippen LogP contribution in [-0.4, -0.2) is 31.1 Å². The molecule has 0 aromatic heterocycles. The van der Waals surface area contributed by atoms with Crippen molar-refractivity contribution < 1.29 is 19.1 Å². The van der Waals surface area contributed by atoms with Crippen LogP contribution < -0.4 is 15.4 Å². The highest BCUT2D eigenvalue weighted by molar-refractivity contribution is 6.04. The van der Waals surface area contributed by atoms with Crippen molar-refractivity contribution in [3.8, 4) is 5.75 Å². The number of carbonyl (C=O) groups is 2. The van der Waals surface area contributed by atoms with E-state index in [0.717, 1.165) is 25.0 Å². The summed E-state index contributed by atoms with van der Waals surface area (Å²) >= 11 is 0.